The number of hydrogen-bond acceptors (Lipinski definition) is 3. The van der Waals surface area contributed by atoms with E-state index in [0.717, 1.165) is 22.3 Å². The van der Waals surface area contributed by atoms with E-state index in [9.17, 15) is 9.59 Å². The molecule has 146 valence electrons. The largest absolute Gasteiger partial charge is 0.333 e. The zero-order chi connectivity index (χ0) is 20.5. The van der Waals surface area contributed by atoms with E-state index in [2.05, 4.69) is 11.1 Å². The fourth-order valence-electron chi connectivity index (χ4n) is 3.60. The lowest BCUT2D eigenvalue weighted by molar-refractivity contribution is 0.629. The molecule has 0 unspecified atom stereocenters. The lowest BCUT2D eigenvalue weighted by Crippen LogP contribution is -2.41. The standard InChI is InChI=1S/C24H23N3O2/c1-16-6-9-19(10-7-16)14-27-23(28)21-5-4-12-25-22(21)26(24(27)29)15-20-11-8-17(2)13-18(20)3/h4-13H,14-15H2,1-3H3. The molecule has 0 aliphatic heterocycles. The Kier molecular flexibility index (Phi) is 4.89. The number of pyridine rings is 1. The van der Waals surface area contributed by atoms with E-state index in [1.807, 2.05) is 57.2 Å². The van der Waals surface area contributed by atoms with Gasteiger partial charge >= 0.3 is 5.69 Å². The molecule has 0 saturated carbocycles. The highest BCUT2D eigenvalue weighted by Gasteiger charge is 2.15. The van der Waals surface area contributed by atoms with Crippen molar-refractivity contribution < 1.29 is 0 Å². The molecule has 0 aliphatic rings. The number of aryl methyl sites for hydroxylation is 3. The van der Waals surface area contributed by atoms with Gasteiger partial charge in [0.25, 0.3) is 5.56 Å². The van der Waals surface area contributed by atoms with Crippen LogP contribution in [0.4, 0.5) is 0 Å². The first-order valence-electron chi connectivity index (χ1n) is 9.64. The van der Waals surface area contributed by atoms with Crippen LogP contribution in [-0.4, -0.2) is 14.1 Å². The summed E-state index contributed by atoms with van der Waals surface area (Å²) < 4.78 is 2.90. The molecule has 0 spiro atoms. The Balaban J connectivity index is 1.90. The summed E-state index contributed by atoms with van der Waals surface area (Å²) in [6.45, 7) is 6.68. The summed E-state index contributed by atoms with van der Waals surface area (Å²) in [7, 11) is 0. The first kappa shape index (κ1) is 18.9. The number of benzene rings is 2. The van der Waals surface area contributed by atoms with Gasteiger partial charge in [0.2, 0.25) is 0 Å². The van der Waals surface area contributed by atoms with E-state index < -0.39 is 0 Å². The van der Waals surface area contributed by atoms with Gasteiger partial charge in [0.15, 0.2) is 0 Å². The van der Waals surface area contributed by atoms with Crippen LogP contribution in [0.15, 0.2) is 70.4 Å². The van der Waals surface area contributed by atoms with Gasteiger partial charge in [-0.15, -0.1) is 0 Å². The summed E-state index contributed by atoms with van der Waals surface area (Å²) in [4.78, 5) is 30.7. The van der Waals surface area contributed by atoms with Gasteiger partial charge in [0.05, 0.1) is 18.5 Å². The molecule has 5 heteroatoms. The second-order valence-corrected chi connectivity index (χ2v) is 7.55. The van der Waals surface area contributed by atoms with Crippen LogP contribution in [0.1, 0.15) is 27.8 Å². The Morgan fingerprint density at radius 2 is 1.55 bits per heavy atom. The van der Waals surface area contributed by atoms with Crippen molar-refractivity contribution in [3.8, 4) is 0 Å². The topological polar surface area (TPSA) is 56.9 Å². The third kappa shape index (κ3) is 3.63. The number of fused-ring (bicyclic) bond motifs is 1. The molecule has 0 bridgehead atoms. The molecule has 4 rings (SSSR count). The second-order valence-electron chi connectivity index (χ2n) is 7.55. The molecule has 0 aliphatic carbocycles. The summed E-state index contributed by atoms with van der Waals surface area (Å²) in [5.74, 6) is 0. The second kappa shape index (κ2) is 7.51. The molecule has 0 radical (unpaired) electrons. The molecule has 0 atom stereocenters. The highest BCUT2D eigenvalue weighted by molar-refractivity contribution is 5.73. The lowest BCUT2D eigenvalue weighted by atomic mass is 10.1. The maximum absolute atomic E-state index is 13.3. The zero-order valence-electron chi connectivity index (χ0n) is 16.8. The molecule has 0 fully saturated rings. The number of rotatable bonds is 4. The van der Waals surface area contributed by atoms with Crippen LogP contribution in [0, 0.1) is 20.8 Å². The molecule has 0 saturated heterocycles. The van der Waals surface area contributed by atoms with Crippen molar-refractivity contribution in [2.24, 2.45) is 0 Å². The van der Waals surface area contributed by atoms with Gasteiger partial charge < -0.3 is 0 Å². The van der Waals surface area contributed by atoms with E-state index in [1.54, 1.807) is 22.9 Å². The normalized spacial score (nSPS) is 11.1. The van der Waals surface area contributed by atoms with Crippen LogP contribution in [0.25, 0.3) is 11.0 Å². The van der Waals surface area contributed by atoms with Crippen molar-refractivity contribution in [3.05, 3.63) is 109 Å². The van der Waals surface area contributed by atoms with Crippen LogP contribution in [0.2, 0.25) is 0 Å². The average molecular weight is 385 g/mol. The van der Waals surface area contributed by atoms with Crippen LogP contribution < -0.4 is 11.2 Å². The highest BCUT2D eigenvalue weighted by atomic mass is 16.2. The molecule has 4 aromatic rings. The third-order valence-corrected chi connectivity index (χ3v) is 5.27. The summed E-state index contributed by atoms with van der Waals surface area (Å²) >= 11 is 0. The Morgan fingerprint density at radius 3 is 2.28 bits per heavy atom. The van der Waals surface area contributed by atoms with Gasteiger partial charge in [-0.25, -0.2) is 9.78 Å². The van der Waals surface area contributed by atoms with Gasteiger partial charge in [-0.2, -0.15) is 0 Å². The highest BCUT2D eigenvalue weighted by Crippen LogP contribution is 2.14. The molecule has 29 heavy (non-hydrogen) atoms. The van der Waals surface area contributed by atoms with Crippen molar-refractivity contribution in [2.75, 3.05) is 0 Å². The van der Waals surface area contributed by atoms with Gasteiger partial charge in [-0.05, 0) is 49.6 Å². The predicted octanol–water partition coefficient (Wildman–Crippen LogP) is 3.58. The van der Waals surface area contributed by atoms with Gasteiger partial charge in [0, 0.05) is 6.20 Å². The molecule has 2 aromatic heterocycles. The number of nitrogens with zero attached hydrogens (tertiary/aromatic N) is 3. The van der Waals surface area contributed by atoms with Crippen LogP contribution in [0.5, 0.6) is 0 Å². The smallest absolute Gasteiger partial charge is 0.273 e. The average Bonchev–Trinajstić information content (AvgIpc) is 2.71. The molecule has 0 N–H and O–H groups in total. The Hall–Kier alpha value is -3.47. The predicted molar refractivity (Wildman–Crippen MR) is 116 cm³/mol. The summed E-state index contributed by atoms with van der Waals surface area (Å²) in [6.07, 6.45) is 1.62. The minimum absolute atomic E-state index is 0.232. The Bertz CT molecular complexity index is 1320. The van der Waals surface area contributed by atoms with E-state index in [0.29, 0.717) is 17.6 Å². The quantitative estimate of drug-likeness (QED) is 0.540. The van der Waals surface area contributed by atoms with E-state index in [4.69, 9.17) is 0 Å². The summed E-state index contributed by atoms with van der Waals surface area (Å²) in [5, 5.41) is 0.448. The lowest BCUT2D eigenvalue weighted by Gasteiger charge is -2.15. The van der Waals surface area contributed by atoms with E-state index >= 15 is 0 Å². The molecular weight excluding hydrogens is 362 g/mol. The minimum Gasteiger partial charge on any atom is -0.273 e. The minimum atomic E-state index is -0.346. The first-order valence-corrected chi connectivity index (χ1v) is 9.64. The number of hydrogen-bond donors (Lipinski definition) is 0. The van der Waals surface area contributed by atoms with Crippen LogP contribution in [-0.2, 0) is 13.1 Å². The van der Waals surface area contributed by atoms with Crippen molar-refractivity contribution >= 4 is 11.0 Å². The molecule has 5 nitrogen and oxygen atoms in total. The Morgan fingerprint density at radius 1 is 0.828 bits per heavy atom. The SMILES string of the molecule is Cc1ccc(Cn2c(=O)c3cccnc3n(Cc3ccc(C)cc3C)c2=O)cc1. The Labute approximate surface area is 168 Å². The first-order chi connectivity index (χ1) is 13.9. The monoisotopic (exact) mass is 385 g/mol. The van der Waals surface area contributed by atoms with Crippen LogP contribution >= 0.6 is 0 Å². The fourth-order valence-corrected chi connectivity index (χ4v) is 3.60. The molecule has 2 aromatic carbocycles. The van der Waals surface area contributed by atoms with Crippen molar-refractivity contribution in [1.29, 1.82) is 0 Å². The van der Waals surface area contributed by atoms with Gasteiger partial charge in [-0.3, -0.25) is 13.9 Å². The van der Waals surface area contributed by atoms with Crippen molar-refractivity contribution in [2.45, 2.75) is 33.9 Å². The molecule has 0 amide bonds. The third-order valence-electron chi connectivity index (χ3n) is 5.27. The maximum Gasteiger partial charge on any atom is 0.333 e. The van der Waals surface area contributed by atoms with E-state index in [1.165, 1.54) is 10.1 Å². The number of aromatic nitrogens is 3. The fraction of sp³-hybridized carbons (Fsp3) is 0.208. The van der Waals surface area contributed by atoms with Gasteiger partial charge in [0.1, 0.15) is 5.65 Å². The van der Waals surface area contributed by atoms with Crippen LogP contribution in [0.3, 0.4) is 0 Å². The maximum atomic E-state index is 13.3. The molecular formula is C24H23N3O2. The van der Waals surface area contributed by atoms with Gasteiger partial charge in [-0.1, -0.05) is 53.6 Å². The van der Waals surface area contributed by atoms with E-state index in [-0.39, 0.29) is 17.8 Å². The van der Waals surface area contributed by atoms with Crippen molar-refractivity contribution in [3.63, 3.8) is 0 Å². The van der Waals surface area contributed by atoms with Crippen molar-refractivity contribution in [1.82, 2.24) is 14.1 Å². The zero-order valence-corrected chi connectivity index (χ0v) is 16.8. The summed E-state index contributed by atoms with van der Waals surface area (Å²) in [5.41, 5.74) is 5.13. The molecule has 2 heterocycles. The summed E-state index contributed by atoms with van der Waals surface area (Å²) in [6, 6.07) is 17.5.